The molecule has 24 heavy (non-hydrogen) atoms. The number of aryl methyl sites for hydroxylation is 2. The smallest absolute Gasteiger partial charge is 0.199 e. The summed E-state index contributed by atoms with van der Waals surface area (Å²) in [5, 5.41) is 0.644. The fraction of sp³-hybridized carbons (Fsp3) is 0.389. The van der Waals surface area contributed by atoms with E-state index in [0.29, 0.717) is 16.4 Å². The third kappa shape index (κ3) is 3.57. The van der Waals surface area contributed by atoms with Crippen molar-refractivity contribution in [1.82, 2.24) is 4.98 Å². The van der Waals surface area contributed by atoms with Gasteiger partial charge in [-0.15, -0.1) is 0 Å². The molecule has 0 aliphatic carbocycles. The number of hydrogen-bond donors (Lipinski definition) is 2. The predicted molar refractivity (Wildman–Crippen MR) is 101 cm³/mol. The Kier molecular flexibility index (Phi) is 4.72. The lowest BCUT2D eigenvalue weighted by Gasteiger charge is -2.22. The SMILES string of the molecule is Cc1cc(C(C)(C)C)c(Cl)cc1-c1cc(=O)c([S@@](C)(=N)=O)c(C)[nH]1. The molecule has 2 N–H and O–H groups in total. The second-order valence-corrected chi connectivity index (χ2v) is 9.74. The lowest BCUT2D eigenvalue weighted by molar-refractivity contribution is 0.590. The van der Waals surface area contributed by atoms with Gasteiger partial charge in [0, 0.05) is 34.3 Å². The first-order chi connectivity index (χ1) is 10.8. The summed E-state index contributed by atoms with van der Waals surface area (Å²) in [4.78, 5) is 15.5. The molecule has 4 nitrogen and oxygen atoms in total. The highest BCUT2D eigenvalue weighted by Crippen LogP contribution is 2.35. The maximum Gasteiger partial charge on any atom is 0.199 e. The van der Waals surface area contributed by atoms with Crippen LogP contribution in [0, 0.1) is 18.6 Å². The van der Waals surface area contributed by atoms with Gasteiger partial charge in [-0.25, -0.2) is 8.99 Å². The van der Waals surface area contributed by atoms with Crippen molar-refractivity contribution in [3.05, 3.63) is 50.3 Å². The minimum absolute atomic E-state index is 0.0290. The number of halogens is 1. The first-order valence-corrected chi connectivity index (χ1v) is 9.95. The molecular formula is C18H23ClN2O2S. The Labute approximate surface area is 148 Å². The first-order valence-electron chi connectivity index (χ1n) is 7.61. The molecule has 0 saturated heterocycles. The van der Waals surface area contributed by atoms with Crippen molar-refractivity contribution in [1.29, 1.82) is 4.78 Å². The van der Waals surface area contributed by atoms with E-state index >= 15 is 0 Å². The Balaban J connectivity index is 2.71. The van der Waals surface area contributed by atoms with E-state index in [1.165, 1.54) is 12.3 Å². The summed E-state index contributed by atoms with van der Waals surface area (Å²) in [6, 6.07) is 5.29. The highest BCUT2D eigenvalue weighted by atomic mass is 35.5. The Hall–Kier alpha value is -1.59. The summed E-state index contributed by atoms with van der Waals surface area (Å²) in [7, 11) is -3.08. The third-order valence-corrected chi connectivity index (χ3v) is 5.56. The van der Waals surface area contributed by atoms with Crippen LogP contribution in [0.5, 0.6) is 0 Å². The van der Waals surface area contributed by atoms with Crippen LogP contribution in [-0.4, -0.2) is 15.4 Å². The summed E-state index contributed by atoms with van der Waals surface area (Å²) in [6.45, 7) is 9.93. The molecule has 0 fully saturated rings. The summed E-state index contributed by atoms with van der Waals surface area (Å²) in [5.74, 6) is 0. The molecule has 0 bridgehead atoms. The van der Waals surface area contributed by atoms with Crippen LogP contribution in [0.1, 0.15) is 37.6 Å². The van der Waals surface area contributed by atoms with Gasteiger partial charge in [0.15, 0.2) is 5.43 Å². The summed E-state index contributed by atoms with van der Waals surface area (Å²) in [6.07, 6.45) is 1.25. The summed E-state index contributed by atoms with van der Waals surface area (Å²) < 4.78 is 19.7. The number of aromatic amines is 1. The van der Waals surface area contributed by atoms with Gasteiger partial charge >= 0.3 is 0 Å². The number of benzene rings is 1. The quantitative estimate of drug-likeness (QED) is 0.812. The molecule has 1 aromatic carbocycles. The van der Waals surface area contributed by atoms with Crippen molar-refractivity contribution in [3.63, 3.8) is 0 Å². The van der Waals surface area contributed by atoms with Crippen molar-refractivity contribution in [2.24, 2.45) is 0 Å². The Morgan fingerprint density at radius 3 is 2.21 bits per heavy atom. The summed E-state index contributed by atoms with van der Waals surface area (Å²) >= 11 is 6.45. The standard InChI is InChI=1S/C18H23ClN2O2S/c1-10-7-13(18(3,4)5)14(19)8-12(10)15-9-16(22)17(11(2)21-15)24(6,20)23/h7-9,20H,1-6H3,(H,21,22)/t24-/m0/s1. The molecule has 0 amide bonds. The number of rotatable bonds is 2. The van der Waals surface area contributed by atoms with Gasteiger partial charge in [0.1, 0.15) is 4.90 Å². The second kappa shape index (κ2) is 6.05. The molecule has 0 saturated carbocycles. The van der Waals surface area contributed by atoms with Gasteiger partial charge in [-0.05, 0) is 36.5 Å². The zero-order chi connectivity index (χ0) is 18.4. The Bertz CT molecular complexity index is 968. The zero-order valence-electron chi connectivity index (χ0n) is 14.8. The number of H-pyrrole nitrogens is 1. The van der Waals surface area contributed by atoms with Crippen LogP contribution in [0.15, 0.2) is 27.9 Å². The van der Waals surface area contributed by atoms with Gasteiger partial charge in [-0.1, -0.05) is 38.4 Å². The van der Waals surface area contributed by atoms with Gasteiger partial charge in [-0.2, -0.15) is 0 Å². The fourth-order valence-electron chi connectivity index (χ4n) is 2.85. The van der Waals surface area contributed by atoms with Crippen LogP contribution in [-0.2, 0) is 15.1 Å². The molecule has 1 aromatic heterocycles. The van der Waals surface area contributed by atoms with Crippen molar-refractivity contribution in [2.45, 2.75) is 44.9 Å². The van der Waals surface area contributed by atoms with Crippen LogP contribution in [0.2, 0.25) is 5.02 Å². The fourth-order valence-corrected chi connectivity index (χ4v) is 4.38. The van der Waals surface area contributed by atoms with Crippen LogP contribution < -0.4 is 5.43 Å². The molecule has 0 aliphatic rings. The molecule has 0 aliphatic heterocycles. The topological polar surface area (TPSA) is 73.8 Å². The molecule has 0 radical (unpaired) electrons. The normalized spacial score (nSPS) is 14.5. The van der Waals surface area contributed by atoms with E-state index in [-0.39, 0.29) is 15.7 Å². The molecule has 1 heterocycles. The van der Waals surface area contributed by atoms with E-state index in [2.05, 4.69) is 25.8 Å². The van der Waals surface area contributed by atoms with E-state index in [0.717, 1.165) is 16.7 Å². The van der Waals surface area contributed by atoms with Gasteiger partial charge in [0.2, 0.25) is 0 Å². The molecule has 130 valence electrons. The van der Waals surface area contributed by atoms with Crippen LogP contribution in [0.4, 0.5) is 0 Å². The van der Waals surface area contributed by atoms with E-state index < -0.39 is 9.73 Å². The van der Waals surface area contributed by atoms with Crippen LogP contribution >= 0.6 is 11.6 Å². The minimum Gasteiger partial charge on any atom is -0.357 e. The molecule has 2 rings (SSSR count). The molecule has 6 heteroatoms. The van der Waals surface area contributed by atoms with Gasteiger partial charge in [0.05, 0.1) is 9.73 Å². The number of hydrogen-bond acceptors (Lipinski definition) is 3. The second-order valence-electron chi connectivity index (χ2n) is 7.24. The number of nitrogens with one attached hydrogen (secondary N) is 2. The predicted octanol–water partition coefficient (Wildman–Crippen LogP) is 4.65. The van der Waals surface area contributed by atoms with E-state index in [1.807, 2.05) is 19.1 Å². The molecular weight excluding hydrogens is 344 g/mol. The van der Waals surface area contributed by atoms with Gasteiger partial charge in [0.25, 0.3) is 0 Å². The Morgan fingerprint density at radius 2 is 1.75 bits per heavy atom. The minimum atomic E-state index is -3.08. The average molecular weight is 367 g/mol. The van der Waals surface area contributed by atoms with Crippen LogP contribution in [0.25, 0.3) is 11.3 Å². The van der Waals surface area contributed by atoms with E-state index in [4.69, 9.17) is 16.4 Å². The lowest BCUT2D eigenvalue weighted by atomic mass is 9.85. The van der Waals surface area contributed by atoms with Gasteiger partial charge in [-0.3, -0.25) is 4.79 Å². The highest BCUT2D eigenvalue weighted by Gasteiger charge is 2.20. The Morgan fingerprint density at radius 1 is 1.17 bits per heavy atom. The van der Waals surface area contributed by atoms with Crippen molar-refractivity contribution in [3.8, 4) is 11.3 Å². The van der Waals surface area contributed by atoms with Crippen molar-refractivity contribution < 1.29 is 4.21 Å². The number of pyridine rings is 1. The number of aromatic nitrogens is 1. The van der Waals surface area contributed by atoms with Gasteiger partial charge < -0.3 is 4.98 Å². The first kappa shape index (κ1) is 18.7. The average Bonchev–Trinajstić information content (AvgIpc) is 2.37. The zero-order valence-corrected chi connectivity index (χ0v) is 16.4. The van der Waals surface area contributed by atoms with E-state index in [9.17, 15) is 9.00 Å². The molecule has 0 unspecified atom stereocenters. The molecule has 0 spiro atoms. The summed E-state index contributed by atoms with van der Waals surface area (Å²) in [5.41, 5.74) is 3.47. The van der Waals surface area contributed by atoms with Crippen LogP contribution in [0.3, 0.4) is 0 Å². The molecule has 2 aromatic rings. The van der Waals surface area contributed by atoms with Crippen molar-refractivity contribution in [2.75, 3.05) is 6.26 Å². The largest absolute Gasteiger partial charge is 0.357 e. The van der Waals surface area contributed by atoms with Crippen molar-refractivity contribution >= 4 is 21.3 Å². The maximum atomic E-state index is 12.4. The third-order valence-electron chi connectivity index (χ3n) is 3.96. The molecule has 1 atom stereocenters. The maximum absolute atomic E-state index is 12.4. The monoisotopic (exact) mass is 366 g/mol. The van der Waals surface area contributed by atoms with E-state index in [1.54, 1.807) is 6.92 Å². The highest BCUT2D eigenvalue weighted by molar-refractivity contribution is 7.91. The lowest BCUT2D eigenvalue weighted by Crippen LogP contribution is -2.16.